The van der Waals surface area contributed by atoms with Gasteiger partial charge in [0.1, 0.15) is 11.5 Å². The first kappa shape index (κ1) is 24.6. The SMILES string of the molecule is CN(C)S(=O)(=O)n1cc(/C=C(\NC(=O)c2ccccc2F)C(=O)N2CCCCC2)c2ccccc21. The van der Waals surface area contributed by atoms with Gasteiger partial charge in [0.15, 0.2) is 0 Å². The van der Waals surface area contributed by atoms with Gasteiger partial charge in [0, 0.05) is 44.3 Å². The number of carbonyl (C=O) groups is 2. The molecule has 1 fully saturated rings. The van der Waals surface area contributed by atoms with Crippen LogP contribution in [0.3, 0.4) is 0 Å². The van der Waals surface area contributed by atoms with Crippen molar-refractivity contribution in [3.05, 3.63) is 77.4 Å². The number of rotatable bonds is 6. The molecule has 8 nitrogen and oxygen atoms in total. The number of para-hydroxylation sites is 1. The van der Waals surface area contributed by atoms with Crippen LogP contribution < -0.4 is 5.32 Å². The maximum Gasteiger partial charge on any atom is 0.307 e. The van der Waals surface area contributed by atoms with Crippen LogP contribution in [0.2, 0.25) is 0 Å². The van der Waals surface area contributed by atoms with Crippen LogP contribution in [-0.4, -0.2) is 60.6 Å². The molecule has 0 saturated carbocycles. The Morgan fingerprint density at radius 1 is 1.00 bits per heavy atom. The lowest BCUT2D eigenvalue weighted by Gasteiger charge is -2.27. The van der Waals surface area contributed by atoms with Crippen LogP contribution in [0.1, 0.15) is 35.2 Å². The predicted octanol–water partition coefficient (Wildman–Crippen LogP) is 3.22. The first-order valence-corrected chi connectivity index (χ1v) is 12.7. The quantitative estimate of drug-likeness (QED) is 0.529. The molecule has 4 rings (SSSR count). The number of fused-ring (bicyclic) bond motifs is 1. The van der Waals surface area contributed by atoms with Crippen molar-refractivity contribution in [3.8, 4) is 0 Å². The third-order valence-electron chi connectivity index (χ3n) is 5.96. The molecule has 0 radical (unpaired) electrons. The minimum atomic E-state index is -3.84. The number of hydrogen-bond acceptors (Lipinski definition) is 4. The summed E-state index contributed by atoms with van der Waals surface area (Å²) in [4.78, 5) is 28.0. The molecule has 10 heteroatoms. The molecule has 0 aliphatic carbocycles. The lowest BCUT2D eigenvalue weighted by atomic mass is 10.1. The third-order valence-corrected chi connectivity index (χ3v) is 7.68. The highest BCUT2D eigenvalue weighted by molar-refractivity contribution is 7.87. The second-order valence-corrected chi connectivity index (χ2v) is 10.6. The molecule has 0 unspecified atom stereocenters. The fraction of sp³-hybridized carbons (Fsp3) is 0.280. The molecule has 2 aromatic carbocycles. The van der Waals surface area contributed by atoms with E-state index in [2.05, 4.69) is 5.32 Å². The number of piperidine rings is 1. The summed E-state index contributed by atoms with van der Waals surface area (Å²) in [6.45, 7) is 1.09. The number of carbonyl (C=O) groups excluding carboxylic acids is 2. The number of nitrogens with one attached hydrogen (secondary N) is 1. The standard InChI is InChI=1S/C25H27FN4O4S/c1-28(2)35(33,34)30-17-18(19-10-5-7-13-23(19)30)16-22(25(32)29-14-8-3-9-15-29)27-24(31)20-11-4-6-12-21(20)26/h4-7,10-13,16-17H,3,8-9,14-15H2,1-2H3,(H,27,31)/b22-16-. The largest absolute Gasteiger partial charge is 0.337 e. The molecule has 2 amide bonds. The fourth-order valence-corrected chi connectivity index (χ4v) is 5.07. The van der Waals surface area contributed by atoms with Crippen molar-refractivity contribution in [2.75, 3.05) is 27.2 Å². The minimum Gasteiger partial charge on any atom is -0.337 e. The van der Waals surface area contributed by atoms with Gasteiger partial charge in [0.05, 0.1) is 11.1 Å². The Kier molecular flexibility index (Phi) is 7.04. The Morgan fingerprint density at radius 2 is 1.66 bits per heavy atom. The highest BCUT2D eigenvalue weighted by Crippen LogP contribution is 2.26. The zero-order chi connectivity index (χ0) is 25.2. The molecule has 2 heterocycles. The number of aromatic nitrogens is 1. The van der Waals surface area contributed by atoms with Gasteiger partial charge in [-0.3, -0.25) is 9.59 Å². The molecule has 1 aliphatic heterocycles. The first-order chi connectivity index (χ1) is 16.7. The first-order valence-electron chi connectivity index (χ1n) is 11.3. The number of likely N-dealkylation sites (tertiary alicyclic amines) is 1. The third kappa shape index (κ3) is 4.98. The van der Waals surface area contributed by atoms with Gasteiger partial charge in [-0.15, -0.1) is 0 Å². The summed E-state index contributed by atoms with van der Waals surface area (Å²) < 4.78 is 42.3. The van der Waals surface area contributed by atoms with E-state index in [1.807, 2.05) is 0 Å². The zero-order valence-corrected chi connectivity index (χ0v) is 20.4. The summed E-state index contributed by atoms with van der Waals surface area (Å²) in [7, 11) is -0.982. The summed E-state index contributed by atoms with van der Waals surface area (Å²) >= 11 is 0. The highest BCUT2D eigenvalue weighted by Gasteiger charge is 2.25. The average molecular weight is 499 g/mol. The van der Waals surface area contributed by atoms with Crippen molar-refractivity contribution in [3.63, 3.8) is 0 Å². The van der Waals surface area contributed by atoms with Gasteiger partial charge in [0.25, 0.3) is 11.8 Å². The number of benzene rings is 2. The Morgan fingerprint density at radius 3 is 2.34 bits per heavy atom. The van der Waals surface area contributed by atoms with Crippen molar-refractivity contribution in [1.29, 1.82) is 0 Å². The molecular formula is C25H27FN4O4S. The summed E-state index contributed by atoms with van der Waals surface area (Å²) in [5.41, 5.74) is 0.616. The van der Waals surface area contributed by atoms with E-state index in [0.717, 1.165) is 27.5 Å². The molecule has 1 saturated heterocycles. The minimum absolute atomic E-state index is 0.0506. The number of halogens is 1. The smallest absolute Gasteiger partial charge is 0.307 e. The van der Waals surface area contributed by atoms with Gasteiger partial charge in [-0.25, -0.2) is 8.36 Å². The molecule has 3 aromatic rings. The van der Waals surface area contributed by atoms with Crippen LogP contribution in [0.25, 0.3) is 17.0 Å². The van der Waals surface area contributed by atoms with Crippen molar-refractivity contribution < 1.29 is 22.4 Å². The molecule has 0 atom stereocenters. The van der Waals surface area contributed by atoms with Gasteiger partial charge in [0.2, 0.25) is 0 Å². The van der Waals surface area contributed by atoms with Crippen molar-refractivity contribution in [2.45, 2.75) is 19.3 Å². The summed E-state index contributed by atoms with van der Waals surface area (Å²) in [5, 5.41) is 3.16. The molecule has 0 bridgehead atoms. The zero-order valence-electron chi connectivity index (χ0n) is 19.6. The molecule has 1 aliphatic rings. The Hall–Kier alpha value is -3.50. The van der Waals surface area contributed by atoms with Crippen molar-refractivity contribution in [2.24, 2.45) is 0 Å². The number of nitrogens with zero attached hydrogens (tertiary/aromatic N) is 3. The summed E-state index contributed by atoms with van der Waals surface area (Å²) in [6.07, 6.45) is 5.58. The second kappa shape index (κ2) is 10.0. The predicted molar refractivity (Wildman–Crippen MR) is 132 cm³/mol. The van der Waals surface area contributed by atoms with Crippen molar-refractivity contribution in [1.82, 2.24) is 18.5 Å². The lowest BCUT2D eigenvalue weighted by molar-refractivity contribution is -0.128. The fourth-order valence-electron chi connectivity index (χ4n) is 4.07. The van der Waals surface area contributed by atoms with E-state index in [1.165, 1.54) is 50.6 Å². The van der Waals surface area contributed by atoms with Gasteiger partial charge < -0.3 is 10.2 Å². The maximum absolute atomic E-state index is 14.2. The molecule has 184 valence electrons. The van der Waals surface area contributed by atoms with E-state index in [0.29, 0.717) is 29.6 Å². The van der Waals surface area contributed by atoms with E-state index in [-0.39, 0.29) is 11.3 Å². The Labute approximate surface area is 203 Å². The monoisotopic (exact) mass is 498 g/mol. The highest BCUT2D eigenvalue weighted by atomic mass is 32.2. The summed E-state index contributed by atoms with van der Waals surface area (Å²) in [5.74, 6) is -1.87. The molecule has 1 aromatic heterocycles. The Balaban J connectivity index is 1.82. The van der Waals surface area contributed by atoms with E-state index in [4.69, 9.17) is 0 Å². The van der Waals surface area contributed by atoms with Crippen LogP contribution >= 0.6 is 0 Å². The van der Waals surface area contributed by atoms with Crippen LogP contribution in [0.15, 0.2) is 60.4 Å². The van der Waals surface area contributed by atoms with E-state index < -0.39 is 27.8 Å². The van der Waals surface area contributed by atoms with Crippen LogP contribution in [0, 0.1) is 5.82 Å². The number of amides is 2. The second-order valence-electron chi connectivity index (χ2n) is 8.53. The average Bonchev–Trinajstić information content (AvgIpc) is 3.23. The summed E-state index contributed by atoms with van der Waals surface area (Å²) in [6, 6.07) is 12.4. The Bertz CT molecular complexity index is 1410. The van der Waals surface area contributed by atoms with Gasteiger partial charge >= 0.3 is 10.2 Å². The van der Waals surface area contributed by atoms with Crippen LogP contribution in [-0.2, 0) is 15.0 Å². The number of hydrogen-bond donors (Lipinski definition) is 1. The normalized spacial score (nSPS) is 15.0. The lowest BCUT2D eigenvalue weighted by Crippen LogP contribution is -2.41. The molecule has 35 heavy (non-hydrogen) atoms. The molecule has 1 N–H and O–H groups in total. The van der Waals surface area contributed by atoms with Crippen LogP contribution in [0.4, 0.5) is 4.39 Å². The van der Waals surface area contributed by atoms with Gasteiger partial charge in [-0.05, 0) is 43.5 Å². The van der Waals surface area contributed by atoms with Gasteiger partial charge in [-0.1, -0.05) is 30.3 Å². The maximum atomic E-state index is 14.2. The van der Waals surface area contributed by atoms with E-state index >= 15 is 0 Å². The van der Waals surface area contributed by atoms with Gasteiger partial charge in [-0.2, -0.15) is 12.7 Å². The molecule has 0 spiro atoms. The topological polar surface area (TPSA) is 91.7 Å². The van der Waals surface area contributed by atoms with E-state index in [9.17, 15) is 22.4 Å². The van der Waals surface area contributed by atoms with Crippen LogP contribution in [0.5, 0.6) is 0 Å². The van der Waals surface area contributed by atoms with Crippen molar-refractivity contribution >= 4 is 39.0 Å². The molecular weight excluding hydrogens is 471 g/mol. The van der Waals surface area contributed by atoms with E-state index in [1.54, 1.807) is 29.2 Å².